The number of anilines is 1. The van der Waals surface area contributed by atoms with Crippen LogP contribution in [0, 0.1) is 0 Å². The zero-order chi connectivity index (χ0) is 13.0. The first-order valence-corrected chi connectivity index (χ1v) is 4.89. The third-order valence-corrected chi connectivity index (χ3v) is 2.07. The van der Waals surface area contributed by atoms with Crippen molar-refractivity contribution in [2.75, 3.05) is 11.9 Å². The summed E-state index contributed by atoms with van der Waals surface area (Å²) in [6.07, 6.45) is -4.83. The molecule has 0 fully saturated rings. The zero-order valence-corrected chi connectivity index (χ0v) is 9.16. The van der Waals surface area contributed by atoms with Crippen LogP contribution in [0.25, 0.3) is 0 Å². The Morgan fingerprint density at radius 3 is 2.71 bits per heavy atom. The second-order valence-electron chi connectivity index (χ2n) is 3.12. The summed E-state index contributed by atoms with van der Waals surface area (Å²) in [5, 5.41) is 20.0. The number of pyridine rings is 1. The highest BCUT2D eigenvalue weighted by atomic mass is 35.5. The van der Waals surface area contributed by atoms with Gasteiger partial charge in [-0.2, -0.15) is 0 Å². The number of aromatic carboxylic acids is 1. The molecule has 0 radical (unpaired) electrons. The van der Waals surface area contributed by atoms with Gasteiger partial charge in [-0.1, -0.05) is 11.6 Å². The van der Waals surface area contributed by atoms with Gasteiger partial charge in [0.25, 0.3) is 6.43 Å². The van der Waals surface area contributed by atoms with Crippen molar-refractivity contribution in [2.24, 2.45) is 0 Å². The smallest absolute Gasteiger partial charge is 0.339 e. The summed E-state index contributed by atoms with van der Waals surface area (Å²) in [4.78, 5) is 14.4. The molecule has 8 heteroatoms. The van der Waals surface area contributed by atoms with E-state index in [1.54, 1.807) is 0 Å². The van der Waals surface area contributed by atoms with Gasteiger partial charge in [0.1, 0.15) is 22.6 Å². The van der Waals surface area contributed by atoms with Gasteiger partial charge < -0.3 is 15.5 Å². The van der Waals surface area contributed by atoms with Crippen LogP contribution in [-0.2, 0) is 0 Å². The largest absolute Gasteiger partial charge is 0.478 e. The molecule has 5 nitrogen and oxygen atoms in total. The van der Waals surface area contributed by atoms with Crippen molar-refractivity contribution < 1.29 is 23.8 Å². The predicted octanol–water partition coefficient (Wildman–Crippen LogP) is 1.47. The van der Waals surface area contributed by atoms with Crippen LogP contribution >= 0.6 is 11.6 Å². The molecule has 0 saturated heterocycles. The Labute approximate surface area is 100 Å². The van der Waals surface area contributed by atoms with Crippen LogP contribution in [0.4, 0.5) is 14.6 Å². The Balaban J connectivity index is 2.82. The number of hydrogen-bond donors (Lipinski definition) is 3. The van der Waals surface area contributed by atoms with E-state index in [2.05, 4.69) is 10.3 Å². The predicted molar refractivity (Wildman–Crippen MR) is 56.7 cm³/mol. The molecule has 0 aromatic carbocycles. The fraction of sp³-hybridized carbons (Fsp3) is 0.333. The number of nitrogens with one attached hydrogen (secondary N) is 1. The lowest BCUT2D eigenvalue weighted by molar-refractivity contribution is 0.00380. The van der Waals surface area contributed by atoms with Crippen molar-refractivity contribution in [2.45, 2.75) is 12.5 Å². The number of halogens is 3. The van der Waals surface area contributed by atoms with E-state index in [0.717, 1.165) is 0 Å². The van der Waals surface area contributed by atoms with Crippen molar-refractivity contribution in [3.8, 4) is 0 Å². The normalized spacial score (nSPS) is 12.5. The van der Waals surface area contributed by atoms with Crippen molar-refractivity contribution in [3.05, 3.63) is 22.8 Å². The van der Waals surface area contributed by atoms with Gasteiger partial charge in [-0.3, -0.25) is 0 Å². The first-order chi connectivity index (χ1) is 7.91. The fourth-order valence-electron chi connectivity index (χ4n) is 1.03. The third-order valence-electron chi connectivity index (χ3n) is 1.86. The summed E-state index contributed by atoms with van der Waals surface area (Å²) in [7, 11) is 0. The van der Waals surface area contributed by atoms with Gasteiger partial charge in [-0.05, 0) is 12.1 Å². The molecule has 0 aliphatic rings. The molecule has 17 heavy (non-hydrogen) atoms. The molecule has 1 aromatic rings. The Morgan fingerprint density at radius 2 is 2.18 bits per heavy atom. The minimum atomic E-state index is -2.92. The van der Waals surface area contributed by atoms with E-state index < -0.39 is 25.0 Å². The Morgan fingerprint density at radius 1 is 1.53 bits per heavy atom. The lowest BCUT2D eigenvalue weighted by Crippen LogP contribution is -2.27. The summed E-state index contributed by atoms with van der Waals surface area (Å²) in [6.45, 7) is -0.523. The average Bonchev–Trinajstić information content (AvgIpc) is 2.25. The lowest BCUT2D eigenvalue weighted by atomic mass is 10.2. The molecule has 1 atom stereocenters. The average molecular weight is 267 g/mol. The van der Waals surface area contributed by atoms with Crippen LogP contribution in [0.5, 0.6) is 0 Å². The molecular weight excluding hydrogens is 258 g/mol. The summed E-state index contributed by atoms with van der Waals surface area (Å²) >= 11 is 5.54. The minimum absolute atomic E-state index is 0.0176. The number of aliphatic hydroxyl groups is 1. The molecule has 3 N–H and O–H groups in total. The van der Waals surface area contributed by atoms with Crippen molar-refractivity contribution in [3.63, 3.8) is 0 Å². The molecule has 0 amide bonds. The number of aromatic nitrogens is 1. The highest BCUT2D eigenvalue weighted by Gasteiger charge is 2.18. The molecule has 0 aliphatic heterocycles. The van der Waals surface area contributed by atoms with Crippen LogP contribution < -0.4 is 5.32 Å². The number of carboxylic acid groups (broad SMARTS) is 1. The third kappa shape index (κ3) is 3.79. The molecule has 1 unspecified atom stereocenters. The standard InChI is InChI=1S/C9H9ClF2N2O3/c10-6-2-1-4(9(16)17)8(14-6)13-3-5(15)7(11)12/h1-2,5,7,15H,3H2,(H,13,14)(H,16,17). The van der Waals surface area contributed by atoms with Crippen LogP contribution in [0.3, 0.4) is 0 Å². The van der Waals surface area contributed by atoms with E-state index in [0.29, 0.717) is 0 Å². The van der Waals surface area contributed by atoms with E-state index in [9.17, 15) is 13.6 Å². The van der Waals surface area contributed by atoms with E-state index in [1.807, 2.05) is 0 Å². The molecule has 0 bridgehead atoms. The van der Waals surface area contributed by atoms with Crippen LogP contribution in [0.15, 0.2) is 12.1 Å². The Hall–Kier alpha value is -1.47. The summed E-state index contributed by atoms with van der Waals surface area (Å²) in [5.74, 6) is -1.44. The second kappa shape index (κ2) is 5.74. The first kappa shape index (κ1) is 13.6. The maximum atomic E-state index is 12.0. The Bertz CT molecular complexity index is 417. The number of hydrogen-bond acceptors (Lipinski definition) is 4. The molecule has 94 valence electrons. The van der Waals surface area contributed by atoms with E-state index in [-0.39, 0.29) is 16.5 Å². The number of carbonyl (C=O) groups is 1. The van der Waals surface area contributed by atoms with Gasteiger partial charge in [-0.15, -0.1) is 0 Å². The number of aliphatic hydroxyl groups excluding tert-OH is 1. The highest BCUT2D eigenvalue weighted by molar-refractivity contribution is 6.29. The zero-order valence-electron chi connectivity index (χ0n) is 8.40. The van der Waals surface area contributed by atoms with E-state index in [4.69, 9.17) is 21.8 Å². The summed E-state index contributed by atoms with van der Waals surface area (Å²) in [6, 6.07) is 2.45. The van der Waals surface area contributed by atoms with Gasteiger partial charge in [0.15, 0.2) is 0 Å². The number of rotatable bonds is 5. The monoisotopic (exact) mass is 266 g/mol. The quantitative estimate of drug-likeness (QED) is 0.703. The lowest BCUT2D eigenvalue weighted by Gasteiger charge is -2.12. The molecule has 1 aromatic heterocycles. The van der Waals surface area contributed by atoms with Crippen molar-refractivity contribution in [1.29, 1.82) is 0 Å². The summed E-state index contributed by atoms with van der Waals surface area (Å²) in [5.41, 5.74) is -0.212. The highest BCUT2D eigenvalue weighted by Crippen LogP contribution is 2.17. The molecule has 1 rings (SSSR count). The second-order valence-corrected chi connectivity index (χ2v) is 3.51. The van der Waals surface area contributed by atoms with Gasteiger partial charge in [-0.25, -0.2) is 18.6 Å². The van der Waals surface area contributed by atoms with Gasteiger partial charge >= 0.3 is 5.97 Å². The van der Waals surface area contributed by atoms with Gasteiger partial charge in [0.2, 0.25) is 0 Å². The van der Waals surface area contributed by atoms with Gasteiger partial charge in [0, 0.05) is 6.54 Å². The first-order valence-electron chi connectivity index (χ1n) is 4.51. The maximum Gasteiger partial charge on any atom is 0.339 e. The van der Waals surface area contributed by atoms with Crippen molar-refractivity contribution in [1.82, 2.24) is 4.98 Å². The fourth-order valence-corrected chi connectivity index (χ4v) is 1.18. The maximum absolute atomic E-state index is 12.0. The van der Waals surface area contributed by atoms with Crippen LogP contribution in [-0.4, -0.2) is 40.2 Å². The molecule has 1 heterocycles. The number of alkyl halides is 2. The topological polar surface area (TPSA) is 82.5 Å². The number of carboxylic acids is 1. The molecule has 0 aliphatic carbocycles. The molecule has 0 saturated carbocycles. The van der Waals surface area contributed by atoms with Crippen LogP contribution in [0.2, 0.25) is 5.15 Å². The molecule has 0 spiro atoms. The minimum Gasteiger partial charge on any atom is -0.478 e. The number of nitrogens with zero attached hydrogens (tertiary/aromatic N) is 1. The Kier molecular flexibility index (Phi) is 4.59. The van der Waals surface area contributed by atoms with Crippen LogP contribution in [0.1, 0.15) is 10.4 Å². The SMILES string of the molecule is O=C(O)c1ccc(Cl)nc1NCC(O)C(F)F. The van der Waals surface area contributed by atoms with Crippen molar-refractivity contribution >= 4 is 23.4 Å². The summed E-state index contributed by atoms with van der Waals surface area (Å²) < 4.78 is 24.0. The van der Waals surface area contributed by atoms with E-state index >= 15 is 0 Å². The molecular formula is C9H9ClF2N2O3. The van der Waals surface area contributed by atoms with Gasteiger partial charge in [0.05, 0.1) is 0 Å². The van der Waals surface area contributed by atoms with E-state index in [1.165, 1.54) is 12.1 Å².